The minimum absolute atomic E-state index is 0.0393. The number of carboxylic acid groups (broad SMARTS) is 1. The Hall–Kier alpha value is -2.87. The molecule has 0 bridgehead atoms. The Balaban J connectivity index is 1.62. The summed E-state index contributed by atoms with van der Waals surface area (Å²) < 4.78 is 6.61. The van der Waals surface area contributed by atoms with Gasteiger partial charge in [-0.2, -0.15) is 5.10 Å². The predicted octanol–water partition coefficient (Wildman–Crippen LogP) is 0.885. The zero-order valence-electron chi connectivity index (χ0n) is 13.9. The van der Waals surface area contributed by atoms with Crippen molar-refractivity contribution in [2.75, 3.05) is 31.2 Å². The lowest BCUT2D eigenvalue weighted by atomic mass is 10.1. The normalized spacial score (nSPS) is 14.4. The molecule has 0 spiro atoms. The maximum absolute atomic E-state index is 12.3. The van der Waals surface area contributed by atoms with E-state index in [0.717, 1.165) is 37.6 Å². The smallest absolute Gasteiger partial charge is 0.339 e. The van der Waals surface area contributed by atoms with Crippen molar-refractivity contribution in [3.63, 3.8) is 0 Å². The summed E-state index contributed by atoms with van der Waals surface area (Å²) in [7, 11) is 1.54. The van der Waals surface area contributed by atoms with Crippen LogP contribution in [0.3, 0.4) is 0 Å². The number of aryl methyl sites for hydroxylation is 1. The number of hydrogen-bond donors (Lipinski definition) is 2. The number of carbonyl (C=O) groups is 2. The summed E-state index contributed by atoms with van der Waals surface area (Å²) in [6, 6.07) is 7.93. The van der Waals surface area contributed by atoms with Gasteiger partial charge in [0.2, 0.25) is 0 Å². The molecular weight excluding hydrogens is 324 g/mol. The van der Waals surface area contributed by atoms with Crippen molar-refractivity contribution >= 4 is 17.6 Å². The van der Waals surface area contributed by atoms with Crippen molar-refractivity contribution < 1.29 is 19.4 Å². The first-order valence-corrected chi connectivity index (χ1v) is 8.01. The highest BCUT2D eigenvalue weighted by molar-refractivity contribution is 6.03. The highest BCUT2D eigenvalue weighted by Gasteiger charge is 2.21. The molecule has 25 heavy (non-hydrogen) atoms. The first-order chi connectivity index (χ1) is 12.1. The van der Waals surface area contributed by atoms with Crippen molar-refractivity contribution in [3.05, 3.63) is 47.3 Å². The van der Waals surface area contributed by atoms with Crippen LogP contribution in [0.1, 0.15) is 26.4 Å². The first-order valence-electron chi connectivity index (χ1n) is 8.01. The molecule has 1 aliphatic rings. The number of benzene rings is 1. The van der Waals surface area contributed by atoms with E-state index in [0.29, 0.717) is 6.54 Å². The summed E-state index contributed by atoms with van der Waals surface area (Å²) in [6.45, 7) is 3.51. The molecule has 132 valence electrons. The maximum atomic E-state index is 12.3. The molecule has 1 aromatic carbocycles. The summed E-state index contributed by atoms with van der Waals surface area (Å²) >= 11 is 0. The van der Waals surface area contributed by atoms with E-state index >= 15 is 0 Å². The molecule has 2 heterocycles. The van der Waals surface area contributed by atoms with Gasteiger partial charge in [-0.05, 0) is 17.7 Å². The second kappa shape index (κ2) is 7.35. The number of nitrogens with zero attached hydrogens (tertiary/aromatic N) is 3. The van der Waals surface area contributed by atoms with Gasteiger partial charge in [0.25, 0.3) is 5.91 Å². The third kappa shape index (κ3) is 3.80. The zero-order chi connectivity index (χ0) is 17.8. The highest BCUT2D eigenvalue weighted by Crippen LogP contribution is 2.17. The fraction of sp³-hybridized carbons (Fsp3) is 0.353. The van der Waals surface area contributed by atoms with Gasteiger partial charge in [-0.25, -0.2) is 4.79 Å². The first kappa shape index (κ1) is 17.0. The number of carboxylic acids is 1. The molecular formula is C17H20N4O4. The van der Waals surface area contributed by atoms with E-state index in [-0.39, 0.29) is 11.3 Å². The lowest BCUT2D eigenvalue weighted by molar-refractivity contribution is 0.0690. The van der Waals surface area contributed by atoms with Gasteiger partial charge in [0.05, 0.1) is 19.4 Å². The molecule has 3 rings (SSSR count). The van der Waals surface area contributed by atoms with E-state index in [1.54, 1.807) is 7.05 Å². The largest absolute Gasteiger partial charge is 0.478 e. The number of carbonyl (C=O) groups excluding carboxylic acids is 1. The predicted molar refractivity (Wildman–Crippen MR) is 90.8 cm³/mol. The molecule has 2 aromatic rings. The second-order valence-electron chi connectivity index (χ2n) is 5.78. The van der Waals surface area contributed by atoms with E-state index in [9.17, 15) is 9.59 Å². The minimum Gasteiger partial charge on any atom is -0.478 e. The SMILES string of the molecule is Cn1ncc(C(=O)O)c1C(=O)NCc1ccc(N2CCOCC2)cc1. The lowest BCUT2D eigenvalue weighted by Crippen LogP contribution is -2.36. The van der Waals surface area contributed by atoms with Gasteiger partial charge in [-0.3, -0.25) is 9.48 Å². The van der Waals surface area contributed by atoms with Crippen LogP contribution in [0.2, 0.25) is 0 Å². The number of anilines is 1. The molecule has 2 N–H and O–H groups in total. The Morgan fingerprint density at radius 3 is 2.56 bits per heavy atom. The molecule has 0 unspecified atom stereocenters. The average Bonchev–Trinajstić information content (AvgIpc) is 3.03. The number of nitrogens with one attached hydrogen (secondary N) is 1. The van der Waals surface area contributed by atoms with Crippen LogP contribution in [-0.4, -0.2) is 53.1 Å². The van der Waals surface area contributed by atoms with E-state index < -0.39 is 11.9 Å². The number of rotatable bonds is 5. The maximum Gasteiger partial charge on any atom is 0.339 e. The molecule has 1 saturated heterocycles. The van der Waals surface area contributed by atoms with Gasteiger partial charge >= 0.3 is 5.97 Å². The third-order valence-electron chi connectivity index (χ3n) is 4.15. The van der Waals surface area contributed by atoms with Crippen molar-refractivity contribution in [1.29, 1.82) is 0 Å². The summed E-state index contributed by atoms with van der Waals surface area (Å²) in [5.74, 6) is -1.64. The summed E-state index contributed by atoms with van der Waals surface area (Å²) in [5, 5.41) is 15.7. The molecule has 0 aliphatic carbocycles. The third-order valence-corrected chi connectivity index (χ3v) is 4.15. The van der Waals surface area contributed by atoms with Gasteiger partial charge in [0, 0.05) is 32.4 Å². The van der Waals surface area contributed by atoms with E-state index in [4.69, 9.17) is 9.84 Å². The van der Waals surface area contributed by atoms with E-state index in [1.807, 2.05) is 24.3 Å². The molecule has 1 fully saturated rings. The number of hydrogen-bond acceptors (Lipinski definition) is 5. The summed E-state index contributed by atoms with van der Waals surface area (Å²) in [4.78, 5) is 25.7. The molecule has 0 saturated carbocycles. The van der Waals surface area contributed by atoms with Crippen molar-refractivity contribution in [2.24, 2.45) is 7.05 Å². The van der Waals surface area contributed by atoms with Crippen LogP contribution < -0.4 is 10.2 Å². The Morgan fingerprint density at radius 2 is 1.92 bits per heavy atom. The number of morpholine rings is 1. The van der Waals surface area contributed by atoms with Gasteiger partial charge in [0.1, 0.15) is 11.3 Å². The molecule has 1 aliphatic heterocycles. The second-order valence-corrected chi connectivity index (χ2v) is 5.78. The molecule has 0 atom stereocenters. The van der Waals surface area contributed by atoms with Crippen LogP contribution >= 0.6 is 0 Å². The van der Waals surface area contributed by atoms with Crippen LogP contribution in [0.5, 0.6) is 0 Å². The fourth-order valence-electron chi connectivity index (χ4n) is 2.78. The van der Waals surface area contributed by atoms with Crippen LogP contribution in [0, 0.1) is 0 Å². The van der Waals surface area contributed by atoms with Crippen LogP contribution in [0.15, 0.2) is 30.5 Å². The Kier molecular flexibility index (Phi) is 4.99. The molecule has 0 radical (unpaired) electrons. The van der Waals surface area contributed by atoms with Gasteiger partial charge < -0.3 is 20.1 Å². The molecule has 8 nitrogen and oxygen atoms in total. The fourth-order valence-corrected chi connectivity index (χ4v) is 2.78. The number of ether oxygens (including phenoxy) is 1. The summed E-state index contributed by atoms with van der Waals surface area (Å²) in [6.07, 6.45) is 1.17. The zero-order valence-corrected chi connectivity index (χ0v) is 13.9. The van der Waals surface area contributed by atoms with Crippen molar-refractivity contribution in [2.45, 2.75) is 6.54 Å². The topological polar surface area (TPSA) is 96.7 Å². The minimum atomic E-state index is -1.17. The lowest BCUT2D eigenvalue weighted by Gasteiger charge is -2.28. The monoisotopic (exact) mass is 344 g/mol. The van der Waals surface area contributed by atoms with Gasteiger partial charge in [-0.15, -0.1) is 0 Å². The number of aromatic nitrogens is 2. The van der Waals surface area contributed by atoms with Gasteiger partial charge in [0.15, 0.2) is 0 Å². The molecule has 8 heteroatoms. The summed E-state index contributed by atoms with van der Waals surface area (Å²) in [5.41, 5.74) is 1.99. The molecule has 1 amide bonds. The molecule has 1 aromatic heterocycles. The van der Waals surface area contributed by atoms with Crippen LogP contribution in [0.25, 0.3) is 0 Å². The Bertz CT molecular complexity index is 763. The van der Waals surface area contributed by atoms with Crippen molar-refractivity contribution in [3.8, 4) is 0 Å². The van der Waals surface area contributed by atoms with Crippen LogP contribution in [0.4, 0.5) is 5.69 Å². The van der Waals surface area contributed by atoms with Crippen molar-refractivity contribution in [1.82, 2.24) is 15.1 Å². The van der Waals surface area contributed by atoms with Crippen LogP contribution in [-0.2, 0) is 18.3 Å². The Labute approximate surface area is 145 Å². The van der Waals surface area contributed by atoms with E-state index in [1.165, 1.54) is 10.9 Å². The average molecular weight is 344 g/mol. The quantitative estimate of drug-likeness (QED) is 0.836. The number of aromatic carboxylic acids is 1. The van der Waals surface area contributed by atoms with E-state index in [2.05, 4.69) is 15.3 Å². The highest BCUT2D eigenvalue weighted by atomic mass is 16.5. The Morgan fingerprint density at radius 1 is 1.24 bits per heavy atom. The van der Waals surface area contributed by atoms with Gasteiger partial charge in [-0.1, -0.05) is 12.1 Å². The number of amides is 1. The standard InChI is InChI=1S/C17H20N4O4/c1-20-15(14(11-19-20)17(23)24)16(22)18-10-12-2-4-13(5-3-12)21-6-8-25-9-7-21/h2-5,11H,6-10H2,1H3,(H,18,22)(H,23,24).